The molecule has 1 unspecified atom stereocenters. The molecule has 1 saturated heterocycles. The molecular weight excluding hydrogens is 204 g/mol. The van der Waals surface area contributed by atoms with Crippen LogP contribution in [0.5, 0.6) is 0 Å². The Hall–Kier alpha value is -0.160. The number of ether oxygens (including phenoxy) is 1. The molecule has 1 heterocycles. The predicted molar refractivity (Wildman–Crippen MR) is 65.7 cm³/mol. The van der Waals surface area contributed by atoms with Gasteiger partial charge in [0.2, 0.25) is 0 Å². The second-order valence-corrected chi connectivity index (χ2v) is 4.38. The van der Waals surface area contributed by atoms with Crippen LogP contribution < -0.4 is 5.32 Å². The second-order valence-electron chi connectivity index (χ2n) is 4.38. The van der Waals surface area contributed by atoms with Gasteiger partial charge in [-0.3, -0.25) is 4.90 Å². The highest BCUT2D eigenvalue weighted by molar-refractivity contribution is 4.75. The van der Waals surface area contributed by atoms with E-state index in [2.05, 4.69) is 17.1 Å². The molecule has 0 amide bonds. The van der Waals surface area contributed by atoms with E-state index in [9.17, 15) is 0 Å². The van der Waals surface area contributed by atoms with E-state index in [0.29, 0.717) is 12.6 Å². The van der Waals surface area contributed by atoms with Crippen molar-refractivity contribution in [2.24, 2.45) is 0 Å². The van der Waals surface area contributed by atoms with Crippen LogP contribution in [0.3, 0.4) is 0 Å². The Morgan fingerprint density at radius 3 is 2.88 bits per heavy atom. The monoisotopic (exact) mass is 230 g/mol. The minimum Gasteiger partial charge on any atom is -0.394 e. The fourth-order valence-electron chi connectivity index (χ4n) is 2.13. The first-order valence-electron chi connectivity index (χ1n) is 6.51. The van der Waals surface area contributed by atoms with Crippen LogP contribution in [-0.4, -0.2) is 62.0 Å². The Morgan fingerprint density at radius 1 is 1.38 bits per heavy atom. The van der Waals surface area contributed by atoms with Crippen LogP contribution in [0.2, 0.25) is 0 Å². The number of hydrogen-bond donors (Lipinski definition) is 2. The quantitative estimate of drug-likeness (QED) is 0.595. The highest BCUT2D eigenvalue weighted by Crippen LogP contribution is 2.08. The summed E-state index contributed by atoms with van der Waals surface area (Å²) in [4.78, 5) is 2.42. The van der Waals surface area contributed by atoms with E-state index in [-0.39, 0.29) is 6.61 Å². The number of likely N-dealkylation sites (N-methyl/N-ethyl adjacent to an activating group) is 1. The molecule has 1 fully saturated rings. The van der Waals surface area contributed by atoms with E-state index in [1.807, 2.05) is 0 Å². The van der Waals surface area contributed by atoms with Crippen molar-refractivity contribution in [2.75, 3.05) is 46.0 Å². The zero-order chi connectivity index (χ0) is 11.6. The number of nitrogens with one attached hydrogen (secondary N) is 1. The third-order valence-corrected chi connectivity index (χ3v) is 3.13. The van der Waals surface area contributed by atoms with Gasteiger partial charge in [-0.15, -0.1) is 0 Å². The van der Waals surface area contributed by atoms with E-state index in [0.717, 1.165) is 26.2 Å². The molecule has 1 aliphatic heterocycles. The first-order chi connectivity index (χ1) is 7.86. The summed E-state index contributed by atoms with van der Waals surface area (Å²) < 4.78 is 5.29. The molecule has 4 nitrogen and oxygen atoms in total. The zero-order valence-electron chi connectivity index (χ0n) is 10.5. The predicted octanol–water partition coefficient (Wildman–Crippen LogP) is 0.459. The lowest BCUT2D eigenvalue weighted by molar-refractivity contribution is 0.0718. The molecule has 4 heteroatoms. The van der Waals surface area contributed by atoms with Gasteiger partial charge in [0, 0.05) is 19.1 Å². The number of piperidine rings is 1. The molecule has 1 atom stereocenters. The maximum Gasteiger partial charge on any atom is 0.0698 e. The smallest absolute Gasteiger partial charge is 0.0698 e. The zero-order valence-corrected chi connectivity index (χ0v) is 10.5. The lowest BCUT2D eigenvalue weighted by Crippen LogP contribution is -2.44. The van der Waals surface area contributed by atoms with E-state index in [1.165, 1.54) is 25.8 Å². The molecule has 0 spiro atoms. The van der Waals surface area contributed by atoms with Gasteiger partial charge in [-0.05, 0) is 25.9 Å². The molecular formula is C12H26N2O2. The van der Waals surface area contributed by atoms with Gasteiger partial charge in [-0.25, -0.2) is 0 Å². The van der Waals surface area contributed by atoms with Crippen molar-refractivity contribution in [1.82, 2.24) is 10.2 Å². The lowest BCUT2D eigenvalue weighted by atomic mass is 10.0. The van der Waals surface area contributed by atoms with Gasteiger partial charge in [0.05, 0.1) is 19.8 Å². The summed E-state index contributed by atoms with van der Waals surface area (Å²) in [6, 6.07) is 0.659. The Kier molecular flexibility index (Phi) is 7.76. The molecule has 0 saturated carbocycles. The first kappa shape index (κ1) is 13.9. The largest absolute Gasteiger partial charge is 0.394 e. The summed E-state index contributed by atoms with van der Waals surface area (Å²) >= 11 is 0. The van der Waals surface area contributed by atoms with Gasteiger partial charge >= 0.3 is 0 Å². The molecule has 0 aromatic heterocycles. The van der Waals surface area contributed by atoms with E-state index in [1.54, 1.807) is 0 Å². The highest BCUT2D eigenvalue weighted by Gasteiger charge is 2.15. The molecule has 96 valence electrons. The van der Waals surface area contributed by atoms with Gasteiger partial charge in [-0.1, -0.05) is 13.3 Å². The maximum atomic E-state index is 8.60. The molecule has 2 N–H and O–H groups in total. The van der Waals surface area contributed by atoms with Gasteiger partial charge in [0.15, 0.2) is 0 Å². The minimum absolute atomic E-state index is 0.121. The average molecular weight is 230 g/mol. The Bertz CT molecular complexity index is 161. The summed E-state index contributed by atoms with van der Waals surface area (Å²) in [5, 5.41) is 12.2. The topological polar surface area (TPSA) is 44.7 Å². The first-order valence-corrected chi connectivity index (χ1v) is 6.51. The van der Waals surface area contributed by atoms with Crippen LogP contribution in [0.4, 0.5) is 0 Å². The Labute approximate surface area is 99.0 Å². The highest BCUT2D eigenvalue weighted by atomic mass is 16.5. The SMILES string of the molecule is CCN(CCOCCO)CC1CCCCN1. The van der Waals surface area contributed by atoms with Gasteiger partial charge < -0.3 is 15.2 Å². The van der Waals surface area contributed by atoms with Crippen molar-refractivity contribution >= 4 is 0 Å². The van der Waals surface area contributed by atoms with E-state index in [4.69, 9.17) is 9.84 Å². The standard InChI is InChI=1S/C12H26N2O2/c1-2-14(7-9-16-10-8-15)11-12-5-3-4-6-13-12/h12-13,15H,2-11H2,1H3. The van der Waals surface area contributed by atoms with Crippen LogP contribution in [0.25, 0.3) is 0 Å². The Balaban J connectivity index is 2.09. The van der Waals surface area contributed by atoms with Gasteiger partial charge in [0.1, 0.15) is 0 Å². The third kappa shape index (κ3) is 5.80. The lowest BCUT2D eigenvalue weighted by Gasteiger charge is -2.29. The average Bonchev–Trinajstić information content (AvgIpc) is 2.34. The molecule has 1 aliphatic rings. The summed E-state index contributed by atoms with van der Waals surface area (Å²) in [7, 11) is 0. The molecule has 0 radical (unpaired) electrons. The third-order valence-electron chi connectivity index (χ3n) is 3.13. The fourth-order valence-corrected chi connectivity index (χ4v) is 2.13. The molecule has 0 bridgehead atoms. The number of aliphatic hydroxyl groups is 1. The molecule has 0 aromatic rings. The van der Waals surface area contributed by atoms with Crippen LogP contribution in [0.15, 0.2) is 0 Å². The summed E-state index contributed by atoms with van der Waals surface area (Å²) in [5.74, 6) is 0. The van der Waals surface area contributed by atoms with Crippen LogP contribution >= 0.6 is 0 Å². The van der Waals surface area contributed by atoms with Gasteiger partial charge in [-0.2, -0.15) is 0 Å². The van der Waals surface area contributed by atoms with Gasteiger partial charge in [0.25, 0.3) is 0 Å². The maximum absolute atomic E-state index is 8.60. The van der Waals surface area contributed by atoms with Crippen molar-refractivity contribution in [3.8, 4) is 0 Å². The minimum atomic E-state index is 0.121. The van der Waals surface area contributed by atoms with Crippen LogP contribution in [-0.2, 0) is 4.74 Å². The van der Waals surface area contributed by atoms with Crippen molar-refractivity contribution < 1.29 is 9.84 Å². The normalized spacial score (nSPS) is 21.6. The van der Waals surface area contributed by atoms with E-state index >= 15 is 0 Å². The number of rotatable bonds is 8. The second kappa shape index (κ2) is 8.93. The number of aliphatic hydroxyl groups excluding tert-OH is 1. The summed E-state index contributed by atoms with van der Waals surface area (Å²) in [6.07, 6.45) is 3.98. The summed E-state index contributed by atoms with van der Waals surface area (Å²) in [6.45, 7) is 7.82. The molecule has 1 rings (SSSR count). The molecule has 0 aromatic carbocycles. The fraction of sp³-hybridized carbons (Fsp3) is 1.00. The Morgan fingerprint density at radius 2 is 2.25 bits per heavy atom. The number of nitrogens with zero attached hydrogens (tertiary/aromatic N) is 1. The molecule has 16 heavy (non-hydrogen) atoms. The van der Waals surface area contributed by atoms with Crippen molar-refractivity contribution in [1.29, 1.82) is 0 Å². The van der Waals surface area contributed by atoms with Crippen molar-refractivity contribution in [3.05, 3.63) is 0 Å². The van der Waals surface area contributed by atoms with Crippen LogP contribution in [0, 0.1) is 0 Å². The van der Waals surface area contributed by atoms with Crippen molar-refractivity contribution in [3.63, 3.8) is 0 Å². The van der Waals surface area contributed by atoms with Crippen LogP contribution in [0.1, 0.15) is 26.2 Å². The molecule has 0 aliphatic carbocycles. The van der Waals surface area contributed by atoms with E-state index < -0.39 is 0 Å². The summed E-state index contributed by atoms with van der Waals surface area (Å²) in [5.41, 5.74) is 0. The van der Waals surface area contributed by atoms with Crippen molar-refractivity contribution in [2.45, 2.75) is 32.2 Å². The number of hydrogen-bond acceptors (Lipinski definition) is 4.